The van der Waals surface area contributed by atoms with Gasteiger partial charge in [-0.2, -0.15) is 0 Å². The molecular formula is C16H24BrNO. The van der Waals surface area contributed by atoms with Crippen molar-refractivity contribution in [1.82, 2.24) is 5.32 Å². The zero-order valence-corrected chi connectivity index (χ0v) is 13.2. The molecule has 0 amide bonds. The molecule has 0 aromatic heterocycles. The molecule has 2 N–H and O–H groups in total. The summed E-state index contributed by atoms with van der Waals surface area (Å²) in [6.45, 7) is 2.18. The van der Waals surface area contributed by atoms with Crippen LogP contribution < -0.4 is 5.32 Å². The van der Waals surface area contributed by atoms with E-state index < -0.39 is 0 Å². The number of aromatic hydroxyl groups is 1. The van der Waals surface area contributed by atoms with Crippen LogP contribution in [0.3, 0.4) is 0 Å². The van der Waals surface area contributed by atoms with Crippen molar-refractivity contribution in [3.63, 3.8) is 0 Å². The third-order valence-corrected chi connectivity index (χ3v) is 4.56. The maximum absolute atomic E-state index is 10.1. The highest BCUT2D eigenvalue weighted by atomic mass is 79.9. The van der Waals surface area contributed by atoms with E-state index in [0.717, 1.165) is 16.5 Å². The van der Waals surface area contributed by atoms with Gasteiger partial charge in [0.05, 0.1) is 0 Å². The van der Waals surface area contributed by atoms with Crippen molar-refractivity contribution in [2.45, 2.75) is 64.0 Å². The summed E-state index contributed by atoms with van der Waals surface area (Å²) < 4.78 is 1.03. The van der Waals surface area contributed by atoms with Crippen LogP contribution in [0.15, 0.2) is 22.7 Å². The van der Waals surface area contributed by atoms with Crippen molar-refractivity contribution in [1.29, 1.82) is 0 Å². The zero-order chi connectivity index (χ0) is 13.7. The van der Waals surface area contributed by atoms with Crippen LogP contribution in [0.1, 0.15) is 63.5 Å². The number of phenolic OH excluding ortho intramolecular Hbond substituents is 1. The normalized spacial score (nSPS) is 19.1. The fraction of sp³-hybridized carbons (Fsp3) is 0.625. The molecule has 0 radical (unpaired) electrons. The Balaban J connectivity index is 2.08. The van der Waals surface area contributed by atoms with Gasteiger partial charge < -0.3 is 10.4 Å². The molecule has 1 aromatic carbocycles. The number of halogens is 1. The average Bonchev–Trinajstić information content (AvgIpc) is 2.67. The molecule has 106 valence electrons. The van der Waals surface area contributed by atoms with Gasteiger partial charge in [0.1, 0.15) is 5.75 Å². The molecule has 0 spiro atoms. The van der Waals surface area contributed by atoms with Gasteiger partial charge in [-0.1, -0.05) is 48.5 Å². The monoisotopic (exact) mass is 325 g/mol. The Bertz CT molecular complexity index is 400. The van der Waals surface area contributed by atoms with Crippen LogP contribution in [0.4, 0.5) is 0 Å². The zero-order valence-electron chi connectivity index (χ0n) is 11.7. The molecule has 2 nitrogen and oxygen atoms in total. The first-order valence-corrected chi connectivity index (χ1v) is 8.24. The van der Waals surface area contributed by atoms with Crippen LogP contribution in [0.2, 0.25) is 0 Å². The summed E-state index contributed by atoms with van der Waals surface area (Å²) in [7, 11) is 0. The lowest BCUT2D eigenvalue weighted by Gasteiger charge is -2.25. The van der Waals surface area contributed by atoms with Crippen LogP contribution in [0, 0.1) is 0 Å². The van der Waals surface area contributed by atoms with E-state index in [2.05, 4.69) is 28.2 Å². The van der Waals surface area contributed by atoms with Gasteiger partial charge in [0, 0.05) is 22.1 Å². The molecule has 0 aliphatic heterocycles. The highest BCUT2D eigenvalue weighted by molar-refractivity contribution is 9.10. The largest absolute Gasteiger partial charge is 0.508 e. The fourth-order valence-electron chi connectivity index (χ4n) is 2.96. The van der Waals surface area contributed by atoms with E-state index in [4.69, 9.17) is 0 Å². The fourth-order valence-corrected chi connectivity index (χ4v) is 3.34. The Labute approximate surface area is 124 Å². The molecule has 2 rings (SSSR count). The number of hydrogen-bond donors (Lipinski definition) is 2. The van der Waals surface area contributed by atoms with Gasteiger partial charge in [0.15, 0.2) is 0 Å². The molecule has 1 aromatic rings. The summed E-state index contributed by atoms with van der Waals surface area (Å²) in [5.41, 5.74) is 1.01. The van der Waals surface area contributed by atoms with Gasteiger partial charge in [-0.15, -0.1) is 0 Å². The minimum absolute atomic E-state index is 0.251. The topological polar surface area (TPSA) is 32.3 Å². The van der Waals surface area contributed by atoms with E-state index in [0.29, 0.717) is 11.8 Å². The number of benzene rings is 1. The van der Waals surface area contributed by atoms with Gasteiger partial charge in [-0.3, -0.25) is 0 Å². The number of nitrogens with one attached hydrogen (secondary N) is 1. The number of phenols is 1. The molecule has 3 heteroatoms. The molecule has 0 bridgehead atoms. The van der Waals surface area contributed by atoms with Crippen LogP contribution in [0.5, 0.6) is 5.75 Å². The summed E-state index contributed by atoms with van der Waals surface area (Å²) >= 11 is 3.49. The van der Waals surface area contributed by atoms with Gasteiger partial charge in [-0.25, -0.2) is 0 Å². The van der Waals surface area contributed by atoms with E-state index in [-0.39, 0.29) is 6.04 Å². The predicted molar refractivity (Wildman–Crippen MR) is 83.5 cm³/mol. The molecular weight excluding hydrogens is 302 g/mol. The van der Waals surface area contributed by atoms with Crippen LogP contribution in [-0.2, 0) is 0 Å². The molecule has 0 heterocycles. The first kappa shape index (κ1) is 14.9. The van der Waals surface area contributed by atoms with Crippen LogP contribution >= 0.6 is 15.9 Å². The van der Waals surface area contributed by atoms with Crippen LogP contribution in [-0.4, -0.2) is 11.1 Å². The average molecular weight is 326 g/mol. The van der Waals surface area contributed by atoms with Gasteiger partial charge >= 0.3 is 0 Å². The first-order valence-electron chi connectivity index (χ1n) is 7.45. The quantitative estimate of drug-likeness (QED) is 0.770. The second kappa shape index (κ2) is 7.30. The molecule has 1 atom stereocenters. The lowest BCUT2D eigenvalue weighted by atomic mass is 10.00. The van der Waals surface area contributed by atoms with Crippen molar-refractivity contribution in [2.75, 3.05) is 0 Å². The molecule has 1 saturated carbocycles. The van der Waals surface area contributed by atoms with Gasteiger partial charge in [0.2, 0.25) is 0 Å². The van der Waals surface area contributed by atoms with E-state index in [1.165, 1.54) is 38.5 Å². The standard InChI is InChI=1S/C16H24BrNO/c1-2-15(14-11-12(17)9-10-16(14)19)18-13-7-5-3-4-6-8-13/h9-11,13,15,18-19H,2-8H2,1H3. The molecule has 0 saturated heterocycles. The lowest BCUT2D eigenvalue weighted by Crippen LogP contribution is -2.32. The second-order valence-electron chi connectivity index (χ2n) is 5.52. The summed E-state index contributed by atoms with van der Waals surface area (Å²) in [4.78, 5) is 0. The summed E-state index contributed by atoms with van der Waals surface area (Å²) in [6.07, 6.45) is 8.95. The Morgan fingerprint density at radius 1 is 1.26 bits per heavy atom. The minimum Gasteiger partial charge on any atom is -0.508 e. The van der Waals surface area contributed by atoms with E-state index >= 15 is 0 Å². The minimum atomic E-state index is 0.251. The predicted octanol–water partition coefficient (Wildman–Crippen LogP) is 4.92. The highest BCUT2D eigenvalue weighted by Crippen LogP contribution is 2.31. The third-order valence-electron chi connectivity index (χ3n) is 4.07. The Morgan fingerprint density at radius 2 is 1.95 bits per heavy atom. The molecule has 1 aliphatic carbocycles. The van der Waals surface area contributed by atoms with Crippen molar-refractivity contribution >= 4 is 15.9 Å². The molecule has 1 fully saturated rings. The maximum atomic E-state index is 10.1. The van der Waals surface area contributed by atoms with E-state index in [1.54, 1.807) is 6.07 Å². The van der Waals surface area contributed by atoms with Gasteiger partial charge in [0.25, 0.3) is 0 Å². The Kier molecular flexibility index (Phi) is 5.71. The van der Waals surface area contributed by atoms with Crippen molar-refractivity contribution < 1.29 is 5.11 Å². The third kappa shape index (κ3) is 4.22. The summed E-state index contributed by atoms with van der Waals surface area (Å²) in [5, 5.41) is 13.8. The SMILES string of the molecule is CCC(NC1CCCCCC1)c1cc(Br)ccc1O. The lowest BCUT2D eigenvalue weighted by molar-refractivity contribution is 0.378. The second-order valence-corrected chi connectivity index (χ2v) is 6.43. The first-order chi connectivity index (χ1) is 9.20. The van der Waals surface area contributed by atoms with Crippen molar-refractivity contribution in [3.05, 3.63) is 28.2 Å². The molecule has 1 aliphatic rings. The Hall–Kier alpha value is -0.540. The van der Waals surface area contributed by atoms with Crippen molar-refractivity contribution in [2.24, 2.45) is 0 Å². The molecule has 19 heavy (non-hydrogen) atoms. The Morgan fingerprint density at radius 3 is 2.58 bits per heavy atom. The molecule has 1 unspecified atom stereocenters. The van der Waals surface area contributed by atoms with Crippen molar-refractivity contribution in [3.8, 4) is 5.75 Å². The highest BCUT2D eigenvalue weighted by Gasteiger charge is 2.19. The smallest absolute Gasteiger partial charge is 0.120 e. The number of hydrogen-bond acceptors (Lipinski definition) is 2. The number of rotatable bonds is 4. The van der Waals surface area contributed by atoms with Gasteiger partial charge in [-0.05, 0) is 37.5 Å². The van der Waals surface area contributed by atoms with E-state index in [9.17, 15) is 5.11 Å². The maximum Gasteiger partial charge on any atom is 0.120 e. The van der Waals surface area contributed by atoms with E-state index in [1.807, 2.05) is 12.1 Å². The van der Waals surface area contributed by atoms with Crippen LogP contribution in [0.25, 0.3) is 0 Å². The summed E-state index contributed by atoms with van der Waals surface area (Å²) in [5.74, 6) is 0.399. The summed E-state index contributed by atoms with van der Waals surface area (Å²) in [6, 6.07) is 6.55.